The fourth-order valence-corrected chi connectivity index (χ4v) is 3.54. The highest BCUT2D eigenvalue weighted by atomic mass is 15.4. The molecule has 0 saturated carbocycles. The summed E-state index contributed by atoms with van der Waals surface area (Å²) in [5, 5.41) is 7.91. The molecule has 1 fully saturated rings. The normalized spacial score (nSPS) is 20.2. The molecule has 4 heteroatoms. The van der Waals surface area contributed by atoms with Crippen molar-refractivity contribution in [1.82, 2.24) is 15.1 Å². The van der Waals surface area contributed by atoms with Crippen molar-refractivity contribution in [3.63, 3.8) is 0 Å². The molecule has 1 aromatic rings. The molecule has 0 aliphatic carbocycles. The van der Waals surface area contributed by atoms with Gasteiger partial charge in [-0.05, 0) is 39.2 Å². The number of rotatable bonds is 5. The molecule has 1 saturated heterocycles. The average molecular weight is 278 g/mol. The maximum Gasteiger partial charge on any atom is 0.131 e. The molecule has 0 bridgehead atoms. The molecular weight excluding hydrogens is 248 g/mol. The van der Waals surface area contributed by atoms with Crippen molar-refractivity contribution in [1.29, 1.82) is 0 Å². The Balaban J connectivity index is 2.15. The largest absolute Gasteiger partial charge is 0.357 e. The number of hydrogen-bond donors (Lipinski definition) is 1. The molecule has 1 aromatic heterocycles. The summed E-state index contributed by atoms with van der Waals surface area (Å²) in [5.41, 5.74) is 2.52. The second-order valence-electron chi connectivity index (χ2n) is 6.11. The maximum absolute atomic E-state index is 4.63. The van der Waals surface area contributed by atoms with Crippen molar-refractivity contribution in [3.8, 4) is 0 Å². The predicted molar refractivity (Wildman–Crippen MR) is 85.2 cm³/mol. The Labute approximate surface area is 123 Å². The van der Waals surface area contributed by atoms with Crippen LogP contribution >= 0.6 is 0 Å². The first-order chi connectivity index (χ1) is 9.67. The molecular formula is C16H30N4. The number of aryl methyl sites for hydroxylation is 2. The van der Waals surface area contributed by atoms with Gasteiger partial charge in [0.2, 0.25) is 0 Å². The highest BCUT2D eigenvalue weighted by Crippen LogP contribution is 2.28. The van der Waals surface area contributed by atoms with Gasteiger partial charge in [0.25, 0.3) is 0 Å². The van der Waals surface area contributed by atoms with Gasteiger partial charge in [0.15, 0.2) is 0 Å². The fraction of sp³-hybridized carbons (Fsp3) is 0.812. The first kappa shape index (κ1) is 15.4. The third-order valence-corrected chi connectivity index (χ3v) is 4.51. The van der Waals surface area contributed by atoms with E-state index in [-0.39, 0.29) is 0 Å². The highest BCUT2D eigenvalue weighted by Gasteiger charge is 2.22. The minimum atomic E-state index is 0.907. The van der Waals surface area contributed by atoms with E-state index in [0.717, 1.165) is 18.2 Å². The number of aromatic nitrogens is 2. The predicted octanol–water partition coefficient (Wildman–Crippen LogP) is 2.85. The van der Waals surface area contributed by atoms with E-state index in [9.17, 15) is 0 Å². The molecule has 2 rings (SSSR count). The van der Waals surface area contributed by atoms with Crippen LogP contribution in [0.3, 0.4) is 0 Å². The van der Waals surface area contributed by atoms with Crippen LogP contribution in [-0.2, 0) is 13.6 Å². The third kappa shape index (κ3) is 3.35. The lowest BCUT2D eigenvalue weighted by atomic mass is 9.96. The van der Waals surface area contributed by atoms with Gasteiger partial charge in [-0.15, -0.1) is 0 Å². The van der Waals surface area contributed by atoms with E-state index in [1.165, 1.54) is 56.6 Å². The van der Waals surface area contributed by atoms with Gasteiger partial charge in [-0.1, -0.05) is 19.8 Å². The van der Waals surface area contributed by atoms with E-state index in [2.05, 4.69) is 40.9 Å². The van der Waals surface area contributed by atoms with Gasteiger partial charge in [-0.25, -0.2) is 0 Å². The van der Waals surface area contributed by atoms with Crippen molar-refractivity contribution in [3.05, 3.63) is 11.3 Å². The maximum atomic E-state index is 4.63. The van der Waals surface area contributed by atoms with Crippen molar-refractivity contribution < 1.29 is 0 Å². The van der Waals surface area contributed by atoms with E-state index in [0.29, 0.717) is 0 Å². The van der Waals surface area contributed by atoms with Crippen LogP contribution < -0.4 is 10.2 Å². The fourth-order valence-electron chi connectivity index (χ4n) is 3.54. The van der Waals surface area contributed by atoms with E-state index < -0.39 is 0 Å². The molecule has 1 atom stereocenters. The Hall–Kier alpha value is -1.03. The average Bonchev–Trinajstić information content (AvgIpc) is 2.59. The van der Waals surface area contributed by atoms with Crippen molar-refractivity contribution in [2.45, 2.75) is 52.5 Å². The number of hydrogen-bond acceptors (Lipinski definition) is 3. The van der Waals surface area contributed by atoms with Gasteiger partial charge in [0.1, 0.15) is 5.82 Å². The molecule has 0 radical (unpaired) electrons. The van der Waals surface area contributed by atoms with Gasteiger partial charge in [-0.2, -0.15) is 5.10 Å². The Kier molecular flexibility index (Phi) is 5.46. The van der Waals surface area contributed by atoms with Crippen LogP contribution in [0.2, 0.25) is 0 Å². The molecule has 1 unspecified atom stereocenters. The number of anilines is 1. The minimum Gasteiger partial charge on any atom is -0.357 e. The highest BCUT2D eigenvalue weighted by molar-refractivity contribution is 5.50. The summed E-state index contributed by atoms with van der Waals surface area (Å²) in [5.74, 6) is 2.25. The number of nitrogens with one attached hydrogen (secondary N) is 1. The first-order valence-corrected chi connectivity index (χ1v) is 8.09. The molecule has 0 aromatic carbocycles. The van der Waals surface area contributed by atoms with E-state index >= 15 is 0 Å². The van der Waals surface area contributed by atoms with Crippen molar-refractivity contribution >= 4 is 5.82 Å². The first-order valence-electron chi connectivity index (χ1n) is 8.09. The quantitative estimate of drug-likeness (QED) is 0.899. The van der Waals surface area contributed by atoms with Crippen LogP contribution in [0.15, 0.2) is 0 Å². The van der Waals surface area contributed by atoms with Gasteiger partial charge in [-0.3, -0.25) is 4.68 Å². The summed E-state index contributed by atoms with van der Waals surface area (Å²) in [4.78, 5) is 2.56. The van der Waals surface area contributed by atoms with E-state index in [1.807, 2.05) is 7.05 Å². The summed E-state index contributed by atoms with van der Waals surface area (Å²) in [6.45, 7) is 7.69. The third-order valence-electron chi connectivity index (χ3n) is 4.51. The molecule has 0 amide bonds. The molecule has 2 heterocycles. The lowest BCUT2D eigenvalue weighted by Crippen LogP contribution is -2.28. The summed E-state index contributed by atoms with van der Waals surface area (Å²) < 4.78 is 2.07. The number of nitrogens with zero attached hydrogens (tertiary/aromatic N) is 3. The van der Waals surface area contributed by atoms with Gasteiger partial charge in [0.05, 0.1) is 5.69 Å². The van der Waals surface area contributed by atoms with Crippen LogP contribution in [0.4, 0.5) is 5.82 Å². The van der Waals surface area contributed by atoms with Crippen LogP contribution in [-0.4, -0.2) is 29.9 Å². The van der Waals surface area contributed by atoms with Crippen LogP contribution in [0.25, 0.3) is 0 Å². The molecule has 1 N–H and O–H groups in total. The molecule has 0 spiro atoms. The summed E-state index contributed by atoms with van der Waals surface area (Å²) in [6, 6.07) is 0. The zero-order chi connectivity index (χ0) is 14.5. The van der Waals surface area contributed by atoms with Gasteiger partial charge in [0, 0.05) is 32.2 Å². The molecule has 20 heavy (non-hydrogen) atoms. The zero-order valence-electron chi connectivity index (χ0n) is 13.6. The topological polar surface area (TPSA) is 33.1 Å². The second kappa shape index (κ2) is 7.11. The Morgan fingerprint density at radius 1 is 1.30 bits per heavy atom. The van der Waals surface area contributed by atoms with Crippen LogP contribution in [0.1, 0.15) is 50.3 Å². The summed E-state index contributed by atoms with van der Waals surface area (Å²) >= 11 is 0. The molecule has 4 nitrogen and oxygen atoms in total. The smallest absolute Gasteiger partial charge is 0.131 e. The van der Waals surface area contributed by atoms with Gasteiger partial charge < -0.3 is 10.2 Å². The Morgan fingerprint density at radius 3 is 2.80 bits per heavy atom. The van der Waals surface area contributed by atoms with E-state index in [1.54, 1.807) is 0 Å². The standard InChI is InChI=1S/C16H30N4/c1-5-7-14-8-6-10-20(11-9-14)16-15(12-17-3)13(2)18-19(16)4/h14,17H,5-12H2,1-4H3. The molecule has 1 aliphatic heterocycles. The lowest BCUT2D eigenvalue weighted by Gasteiger charge is -2.24. The van der Waals surface area contributed by atoms with Crippen molar-refractivity contribution in [2.24, 2.45) is 13.0 Å². The summed E-state index contributed by atoms with van der Waals surface area (Å²) in [7, 11) is 4.09. The van der Waals surface area contributed by atoms with Gasteiger partial charge >= 0.3 is 0 Å². The summed E-state index contributed by atoms with van der Waals surface area (Å²) in [6.07, 6.45) is 6.75. The van der Waals surface area contributed by atoms with Crippen LogP contribution in [0, 0.1) is 12.8 Å². The molecule has 114 valence electrons. The SMILES string of the molecule is CCCC1CCCN(c2c(CNC)c(C)nn2C)CC1. The Bertz CT molecular complexity index is 424. The zero-order valence-corrected chi connectivity index (χ0v) is 13.6. The van der Waals surface area contributed by atoms with E-state index in [4.69, 9.17) is 0 Å². The lowest BCUT2D eigenvalue weighted by molar-refractivity contribution is 0.435. The van der Waals surface area contributed by atoms with Crippen molar-refractivity contribution in [2.75, 3.05) is 25.0 Å². The second-order valence-corrected chi connectivity index (χ2v) is 6.11. The van der Waals surface area contributed by atoms with Crippen LogP contribution in [0.5, 0.6) is 0 Å². The molecule has 1 aliphatic rings. The minimum absolute atomic E-state index is 0.907. The Morgan fingerprint density at radius 2 is 2.10 bits per heavy atom. The monoisotopic (exact) mass is 278 g/mol.